The maximum Gasteiger partial charge on any atom is 0.0594 e. The molecule has 2 rings (SSSR count). The quantitative estimate of drug-likeness (QED) is 0.735. The molecule has 0 unspecified atom stereocenters. The van der Waals surface area contributed by atoms with E-state index in [9.17, 15) is 0 Å². The van der Waals surface area contributed by atoms with Gasteiger partial charge in [0.15, 0.2) is 0 Å². The van der Waals surface area contributed by atoms with E-state index >= 15 is 0 Å². The number of aryl methyl sites for hydroxylation is 1. The number of nitrogens with one attached hydrogen (secondary N) is 1. The van der Waals surface area contributed by atoms with Crippen LogP contribution in [0, 0.1) is 0 Å². The highest BCUT2D eigenvalue weighted by molar-refractivity contribution is 5.09. The standard InChI is InChI=1S/C12H21N3O/c1-14-4-2-12(11-14)10-13-3-5-15-6-8-16-9-7-15/h2,4,11,13H,3,5-10H2,1H3. The fourth-order valence-electron chi connectivity index (χ4n) is 1.96. The van der Waals surface area contributed by atoms with Gasteiger partial charge in [-0.25, -0.2) is 0 Å². The minimum Gasteiger partial charge on any atom is -0.379 e. The van der Waals surface area contributed by atoms with E-state index in [1.54, 1.807) is 0 Å². The van der Waals surface area contributed by atoms with Crippen molar-refractivity contribution in [2.24, 2.45) is 7.05 Å². The Morgan fingerprint density at radius 1 is 1.38 bits per heavy atom. The van der Waals surface area contributed by atoms with Gasteiger partial charge in [-0.1, -0.05) is 0 Å². The Balaban J connectivity index is 1.57. The van der Waals surface area contributed by atoms with Crippen molar-refractivity contribution in [2.75, 3.05) is 39.4 Å². The fourth-order valence-corrected chi connectivity index (χ4v) is 1.96. The van der Waals surface area contributed by atoms with E-state index in [1.165, 1.54) is 5.56 Å². The summed E-state index contributed by atoms with van der Waals surface area (Å²) in [6.45, 7) is 7.06. The number of hydrogen-bond acceptors (Lipinski definition) is 3. The molecule has 0 amide bonds. The molecule has 1 aliphatic rings. The van der Waals surface area contributed by atoms with Gasteiger partial charge in [0.05, 0.1) is 13.2 Å². The molecule has 0 radical (unpaired) electrons. The molecule has 0 bridgehead atoms. The molecular weight excluding hydrogens is 202 g/mol. The summed E-state index contributed by atoms with van der Waals surface area (Å²) in [5, 5.41) is 3.47. The minimum absolute atomic E-state index is 0.888. The minimum atomic E-state index is 0.888. The fraction of sp³-hybridized carbons (Fsp3) is 0.667. The summed E-state index contributed by atoms with van der Waals surface area (Å²) in [4.78, 5) is 2.45. The van der Waals surface area contributed by atoms with Gasteiger partial charge in [0, 0.05) is 52.2 Å². The zero-order valence-electron chi connectivity index (χ0n) is 9.98. The Kier molecular flexibility index (Phi) is 4.39. The van der Waals surface area contributed by atoms with Crippen molar-refractivity contribution in [3.05, 3.63) is 24.0 Å². The van der Waals surface area contributed by atoms with E-state index in [4.69, 9.17) is 4.74 Å². The smallest absolute Gasteiger partial charge is 0.0594 e. The Morgan fingerprint density at radius 2 is 2.19 bits per heavy atom. The molecule has 16 heavy (non-hydrogen) atoms. The molecule has 0 saturated carbocycles. The van der Waals surface area contributed by atoms with Crippen LogP contribution in [0.15, 0.2) is 18.5 Å². The van der Waals surface area contributed by atoms with E-state index in [0.29, 0.717) is 0 Å². The predicted octanol–water partition coefficient (Wildman–Crippen LogP) is 0.447. The van der Waals surface area contributed by atoms with Gasteiger partial charge in [0.2, 0.25) is 0 Å². The van der Waals surface area contributed by atoms with E-state index in [1.807, 2.05) is 0 Å². The van der Waals surface area contributed by atoms with Crippen LogP contribution < -0.4 is 5.32 Å². The molecule has 1 N–H and O–H groups in total. The largest absolute Gasteiger partial charge is 0.379 e. The average Bonchev–Trinajstić information content (AvgIpc) is 2.72. The second kappa shape index (κ2) is 6.03. The van der Waals surface area contributed by atoms with Crippen molar-refractivity contribution in [3.8, 4) is 0 Å². The number of ether oxygens (including phenoxy) is 1. The topological polar surface area (TPSA) is 29.4 Å². The SMILES string of the molecule is Cn1ccc(CNCCN2CCOCC2)c1. The molecule has 0 spiro atoms. The number of aromatic nitrogens is 1. The summed E-state index contributed by atoms with van der Waals surface area (Å²) in [6, 6.07) is 2.15. The van der Waals surface area contributed by atoms with Gasteiger partial charge in [0.1, 0.15) is 0 Å². The molecular formula is C12H21N3O. The first-order valence-corrected chi connectivity index (χ1v) is 5.96. The summed E-state index contributed by atoms with van der Waals surface area (Å²) in [5.41, 5.74) is 1.35. The van der Waals surface area contributed by atoms with Gasteiger partial charge in [0.25, 0.3) is 0 Å². The summed E-state index contributed by atoms with van der Waals surface area (Å²) < 4.78 is 7.40. The van der Waals surface area contributed by atoms with E-state index in [0.717, 1.165) is 45.9 Å². The molecule has 0 atom stereocenters. The van der Waals surface area contributed by atoms with Gasteiger partial charge in [-0.15, -0.1) is 0 Å². The van der Waals surface area contributed by atoms with Crippen LogP contribution in [0.5, 0.6) is 0 Å². The van der Waals surface area contributed by atoms with Crippen LogP contribution in [0.3, 0.4) is 0 Å². The molecule has 4 heteroatoms. The molecule has 90 valence electrons. The second-order valence-corrected chi connectivity index (χ2v) is 4.32. The molecule has 2 heterocycles. The maximum absolute atomic E-state index is 5.31. The Hall–Kier alpha value is -0.840. The van der Waals surface area contributed by atoms with Crippen LogP contribution in [0.25, 0.3) is 0 Å². The number of rotatable bonds is 5. The molecule has 1 aromatic heterocycles. The molecule has 0 aliphatic carbocycles. The van der Waals surface area contributed by atoms with Crippen LogP contribution in [-0.4, -0.2) is 48.9 Å². The van der Waals surface area contributed by atoms with Crippen LogP contribution in [0.1, 0.15) is 5.56 Å². The van der Waals surface area contributed by atoms with Crippen molar-refractivity contribution in [1.82, 2.24) is 14.8 Å². The average molecular weight is 223 g/mol. The van der Waals surface area contributed by atoms with Crippen molar-refractivity contribution in [1.29, 1.82) is 0 Å². The van der Waals surface area contributed by atoms with Crippen LogP contribution >= 0.6 is 0 Å². The van der Waals surface area contributed by atoms with Crippen molar-refractivity contribution in [2.45, 2.75) is 6.54 Å². The zero-order valence-corrected chi connectivity index (χ0v) is 9.98. The molecule has 1 fully saturated rings. The van der Waals surface area contributed by atoms with Gasteiger partial charge in [-0.05, 0) is 11.6 Å². The Morgan fingerprint density at radius 3 is 2.88 bits per heavy atom. The van der Waals surface area contributed by atoms with Gasteiger partial charge < -0.3 is 14.6 Å². The monoisotopic (exact) mass is 223 g/mol. The summed E-state index contributed by atoms with van der Waals surface area (Å²) >= 11 is 0. The van der Waals surface area contributed by atoms with Gasteiger partial charge in [-0.3, -0.25) is 4.90 Å². The van der Waals surface area contributed by atoms with E-state index in [-0.39, 0.29) is 0 Å². The molecule has 1 aliphatic heterocycles. The maximum atomic E-state index is 5.31. The lowest BCUT2D eigenvalue weighted by molar-refractivity contribution is 0.0384. The molecule has 4 nitrogen and oxygen atoms in total. The first-order valence-electron chi connectivity index (χ1n) is 5.96. The first kappa shape index (κ1) is 11.6. The lowest BCUT2D eigenvalue weighted by Crippen LogP contribution is -2.40. The predicted molar refractivity (Wildman–Crippen MR) is 64.4 cm³/mol. The lowest BCUT2D eigenvalue weighted by atomic mass is 10.3. The second-order valence-electron chi connectivity index (χ2n) is 4.32. The highest BCUT2D eigenvalue weighted by atomic mass is 16.5. The summed E-state index contributed by atoms with van der Waals surface area (Å²) in [6.07, 6.45) is 4.24. The molecule has 0 aromatic carbocycles. The van der Waals surface area contributed by atoms with Crippen LogP contribution in [0.4, 0.5) is 0 Å². The van der Waals surface area contributed by atoms with E-state index < -0.39 is 0 Å². The normalized spacial score (nSPS) is 17.8. The van der Waals surface area contributed by atoms with Crippen molar-refractivity contribution < 1.29 is 4.74 Å². The number of hydrogen-bond donors (Lipinski definition) is 1. The van der Waals surface area contributed by atoms with Crippen LogP contribution in [0.2, 0.25) is 0 Å². The Bertz CT molecular complexity index is 305. The lowest BCUT2D eigenvalue weighted by Gasteiger charge is -2.26. The van der Waals surface area contributed by atoms with E-state index in [2.05, 4.69) is 40.3 Å². The zero-order chi connectivity index (χ0) is 11.2. The number of nitrogens with zero attached hydrogens (tertiary/aromatic N) is 2. The summed E-state index contributed by atoms with van der Waals surface area (Å²) in [7, 11) is 2.05. The Labute approximate surface area is 97.2 Å². The van der Waals surface area contributed by atoms with Crippen molar-refractivity contribution >= 4 is 0 Å². The highest BCUT2D eigenvalue weighted by Gasteiger charge is 2.08. The van der Waals surface area contributed by atoms with Gasteiger partial charge >= 0.3 is 0 Å². The third-order valence-electron chi connectivity index (χ3n) is 2.93. The number of morpholine rings is 1. The summed E-state index contributed by atoms with van der Waals surface area (Å²) in [5.74, 6) is 0. The third-order valence-corrected chi connectivity index (χ3v) is 2.93. The molecule has 1 saturated heterocycles. The van der Waals surface area contributed by atoms with Gasteiger partial charge in [-0.2, -0.15) is 0 Å². The molecule has 1 aromatic rings. The third kappa shape index (κ3) is 3.63. The highest BCUT2D eigenvalue weighted by Crippen LogP contribution is 1.99. The first-order chi connectivity index (χ1) is 7.84. The van der Waals surface area contributed by atoms with Crippen molar-refractivity contribution in [3.63, 3.8) is 0 Å². The van der Waals surface area contributed by atoms with Crippen LogP contribution in [-0.2, 0) is 18.3 Å².